The Morgan fingerprint density at radius 3 is 2.49 bits per heavy atom. The summed E-state index contributed by atoms with van der Waals surface area (Å²) in [5, 5.41) is 10.5. The molecule has 1 atom stereocenters. The van der Waals surface area contributed by atoms with Crippen LogP contribution < -0.4 is 20.7 Å². The Kier molecular flexibility index (Phi) is 10.1. The summed E-state index contributed by atoms with van der Waals surface area (Å²) in [6.07, 6.45) is 11.0. The van der Waals surface area contributed by atoms with Crippen LogP contribution in [0.4, 0.5) is 23.5 Å². The summed E-state index contributed by atoms with van der Waals surface area (Å²) in [4.78, 5) is 16.7. The minimum atomic E-state index is 0.418. The number of anilines is 4. The van der Waals surface area contributed by atoms with Crippen molar-refractivity contribution in [3.05, 3.63) is 21.8 Å². The van der Waals surface area contributed by atoms with Crippen LogP contribution in [-0.2, 0) is 0 Å². The lowest BCUT2D eigenvalue weighted by Crippen LogP contribution is -2.35. The van der Waals surface area contributed by atoms with E-state index in [0.29, 0.717) is 29.9 Å². The van der Waals surface area contributed by atoms with Crippen LogP contribution in [0, 0.1) is 3.57 Å². The normalized spacial score (nSPS) is 19.3. The monoisotopic (exact) mass is 593 g/mol. The van der Waals surface area contributed by atoms with Gasteiger partial charge >= 0.3 is 0 Å². The highest BCUT2D eigenvalue weighted by Crippen LogP contribution is 2.27. The van der Waals surface area contributed by atoms with E-state index < -0.39 is 0 Å². The Morgan fingerprint density at radius 2 is 1.74 bits per heavy atom. The summed E-state index contributed by atoms with van der Waals surface area (Å²) in [5.41, 5.74) is 0.934. The van der Waals surface area contributed by atoms with E-state index >= 15 is 0 Å². The van der Waals surface area contributed by atoms with Gasteiger partial charge in [-0.25, -0.2) is 0 Å². The van der Waals surface area contributed by atoms with Crippen LogP contribution in [0.3, 0.4) is 0 Å². The first-order chi connectivity index (χ1) is 17.1. The van der Waals surface area contributed by atoms with E-state index in [4.69, 9.17) is 19.7 Å². The van der Waals surface area contributed by atoms with E-state index in [0.717, 1.165) is 41.1 Å². The molecule has 0 spiro atoms. The summed E-state index contributed by atoms with van der Waals surface area (Å²) in [6.45, 7) is 8.18. The number of nitrogens with zero attached hydrogens (tertiary/aromatic N) is 4. The van der Waals surface area contributed by atoms with Gasteiger partial charge in [-0.3, -0.25) is 4.90 Å². The SMILES string of the molecule is CCCOc1ccc(Nc2nc(NCC3CCCN3CC)nc(NC3CCCCCC3)n2)cc1I. The molecule has 8 nitrogen and oxygen atoms in total. The number of aromatic nitrogens is 3. The molecule has 9 heteroatoms. The highest BCUT2D eigenvalue weighted by molar-refractivity contribution is 14.1. The summed E-state index contributed by atoms with van der Waals surface area (Å²) in [7, 11) is 0. The second kappa shape index (κ2) is 13.4. The molecular formula is C26H40IN7O. The molecule has 35 heavy (non-hydrogen) atoms. The largest absolute Gasteiger partial charge is 0.492 e. The molecule has 1 aliphatic carbocycles. The zero-order valence-electron chi connectivity index (χ0n) is 21.2. The highest BCUT2D eigenvalue weighted by Gasteiger charge is 2.23. The van der Waals surface area contributed by atoms with Gasteiger partial charge in [0, 0.05) is 24.3 Å². The average molecular weight is 594 g/mol. The van der Waals surface area contributed by atoms with E-state index in [-0.39, 0.29) is 0 Å². The van der Waals surface area contributed by atoms with Crippen molar-refractivity contribution < 1.29 is 4.74 Å². The lowest BCUT2D eigenvalue weighted by Gasteiger charge is -2.23. The molecule has 1 aliphatic heterocycles. The third kappa shape index (κ3) is 7.80. The van der Waals surface area contributed by atoms with Crippen molar-refractivity contribution in [2.24, 2.45) is 0 Å². The molecule has 1 saturated carbocycles. The summed E-state index contributed by atoms with van der Waals surface area (Å²) in [6, 6.07) is 7.04. The fourth-order valence-electron chi connectivity index (χ4n) is 4.97. The summed E-state index contributed by atoms with van der Waals surface area (Å²) in [5.74, 6) is 2.73. The molecule has 2 heterocycles. The second-order valence-electron chi connectivity index (χ2n) is 9.56. The fourth-order valence-corrected chi connectivity index (χ4v) is 5.64. The van der Waals surface area contributed by atoms with Crippen molar-refractivity contribution in [3.8, 4) is 5.75 Å². The molecule has 192 valence electrons. The van der Waals surface area contributed by atoms with Crippen molar-refractivity contribution in [2.75, 3.05) is 42.2 Å². The van der Waals surface area contributed by atoms with Crippen molar-refractivity contribution in [3.63, 3.8) is 0 Å². The first kappa shape index (κ1) is 26.2. The molecule has 2 aromatic rings. The van der Waals surface area contributed by atoms with E-state index in [1.807, 2.05) is 12.1 Å². The van der Waals surface area contributed by atoms with Gasteiger partial charge in [0.15, 0.2) is 0 Å². The highest BCUT2D eigenvalue weighted by atomic mass is 127. The quantitative estimate of drug-likeness (QED) is 0.215. The summed E-state index contributed by atoms with van der Waals surface area (Å²) >= 11 is 2.31. The van der Waals surface area contributed by atoms with Crippen molar-refractivity contribution >= 4 is 46.1 Å². The fraction of sp³-hybridized carbons (Fsp3) is 0.654. The lowest BCUT2D eigenvalue weighted by molar-refractivity contribution is 0.277. The number of ether oxygens (including phenoxy) is 1. The zero-order valence-corrected chi connectivity index (χ0v) is 23.3. The molecule has 3 N–H and O–H groups in total. The zero-order chi connectivity index (χ0) is 24.5. The maximum Gasteiger partial charge on any atom is 0.233 e. The molecule has 0 radical (unpaired) electrons. The molecule has 0 bridgehead atoms. The molecule has 1 saturated heterocycles. The number of rotatable bonds is 11. The summed E-state index contributed by atoms with van der Waals surface area (Å²) < 4.78 is 6.88. The van der Waals surface area contributed by atoms with E-state index in [9.17, 15) is 0 Å². The number of hydrogen-bond donors (Lipinski definition) is 3. The maximum absolute atomic E-state index is 5.82. The Hall–Kier alpha value is -1.88. The Bertz CT molecular complexity index is 936. The number of likely N-dealkylation sites (tertiary alicyclic amines) is 1. The minimum absolute atomic E-state index is 0.418. The van der Waals surface area contributed by atoms with Crippen LogP contribution in [0.1, 0.15) is 71.6 Å². The van der Waals surface area contributed by atoms with Crippen LogP contribution in [0.2, 0.25) is 0 Å². The van der Waals surface area contributed by atoms with Crippen LogP contribution in [0.15, 0.2) is 18.2 Å². The maximum atomic E-state index is 5.82. The topological polar surface area (TPSA) is 87.2 Å². The number of hydrogen-bond acceptors (Lipinski definition) is 8. The third-order valence-electron chi connectivity index (χ3n) is 6.87. The molecular weight excluding hydrogens is 553 g/mol. The second-order valence-corrected chi connectivity index (χ2v) is 10.7. The van der Waals surface area contributed by atoms with E-state index in [1.165, 1.54) is 57.9 Å². The van der Waals surface area contributed by atoms with Gasteiger partial charge in [0.1, 0.15) is 5.75 Å². The van der Waals surface area contributed by atoms with Gasteiger partial charge in [0.25, 0.3) is 0 Å². The van der Waals surface area contributed by atoms with Gasteiger partial charge in [-0.15, -0.1) is 0 Å². The Labute approximate surface area is 223 Å². The molecule has 4 rings (SSSR count). The predicted octanol–water partition coefficient (Wildman–Crippen LogP) is 6.04. The molecule has 2 aliphatic rings. The smallest absolute Gasteiger partial charge is 0.233 e. The number of likely N-dealkylation sites (N-methyl/N-ethyl adjacent to an activating group) is 1. The van der Waals surface area contributed by atoms with Crippen LogP contribution >= 0.6 is 22.6 Å². The molecule has 1 aromatic carbocycles. The lowest BCUT2D eigenvalue weighted by atomic mass is 10.1. The van der Waals surface area contributed by atoms with Gasteiger partial charge in [-0.2, -0.15) is 15.0 Å². The molecule has 0 amide bonds. The first-order valence-electron chi connectivity index (χ1n) is 13.3. The van der Waals surface area contributed by atoms with Crippen LogP contribution in [0.25, 0.3) is 0 Å². The van der Waals surface area contributed by atoms with Gasteiger partial charge in [0.2, 0.25) is 17.8 Å². The predicted molar refractivity (Wildman–Crippen MR) is 152 cm³/mol. The van der Waals surface area contributed by atoms with Gasteiger partial charge in [-0.1, -0.05) is 39.5 Å². The number of benzene rings is 1. The van der Waals surface area contributed by atoms with Gasteiger partial charge < -0.3 is 20.7 Å². The Balaban J connectivity index is 1.50. The average Bonchev–Trinajstić information content (AvgIpc) is 3.16. The van der Waals surface area contributed by atoms with Crippen molar-refractivity contribution in [1.82, 2.24) is 19.9 Å². The van der Waals surface area contributed by atoms with E-state index in [1.54, 1.807) is 0 Å². The van der Waals surface area contributed by atoms with Gasteiger partial charge in [-0.05, 0) is 86.0 Å². The van der Waals surface area contributed by atoms with Crippen molar-refractivity contribution in [2.45, 2.75) is 83.7 Å². The molecule has 1 unspecified atom stereocenters. The van der Waals surface area contributed by atoms with E-state index in [2.05, 4.69) is 63.4 Å². The number of nitrogens with one attached hydrogen (secondary N) is 3. The minimum Gasteiger partial charge on any atom is -0.492 e. The standard InChI is InChI=1S/C26H40IN7O/c1-3-16-35-23-14-13-20(17-22(23)27)30-26-32-24(28-18-21-12-9-15-34(21)4-2)31-25(33-26)29-19-10-7-5-6-8-11-19/h13-14,17,19,21H,3-12,15-16,18H2,1-2H3,(H3,28,29,30,31,32,33). The van der Waals surface area contributed by atoms with Crippen LogP contribution in [-0.4, -0.2) is 58.2 Å². The molecule has 1 aromatic heterocycles. The Morgan fingerprint density at radius 1 is 0.971 bits per heavy atom. The van der Waals surface area contributed by atoms with Crippen molar-refractivity contribution in [1.29, 1.82) is 0 Å². The third-order valence-corrected chi connectivity index (χ3v) is 7.72. The first-order valence-corrected chi connectivity index (χ1v) is 14.4. The van der Waals surface area contributed by atoms with Gasteiger partial charge in [0.05, 0.1) is 10.2 Å². The molecule has 2 fully saturated rings. The number of halogens is 1. The van der Waals surface area contributed by atoms with Crippen LogP contribution in [0.5, 0.6) is 5.75 Å².